The molecule has 4 nitrogen and oxygen atoms in total. The number of likely N-dealkylation sites (tertiary alicyclic amines) is 1. The minimum atomic E-state index is -0.104. The summed E-state index contributed by atoms with van der Waals surface area (Å²) < 4.78 is 0.754. The van der Waals surface area contributed by atoms with E-state index in [1.807, 2.05) is 19.1 Å². The van der Waals surface area contributed by atoms with E-state index in [-0.39, 0.29) is 24.3 Å². The standard InChI is InChI=1S/C13H15BrN2O2/c1-8-5-11(17)16(12(18)6-8)7-9-3-2-4-10(15)13(9)14/h2-4,8H,5-7,15H2,1H3. The Hall–Kier alpha value is -1.36. The highest BCUT2D eigenvalue weighted by Crippen LogP contribution is 2.27. The first-order chi connectivity index (χ1) is 8.49. The van der Waals surface area contributed by atoms with E-state index in [1.165, 1.54) is 4.90 Å². The summed E-state index contributed by atoms with van der Waals surface area (Å²) in [7, 11) is 0. The number of amides is 2. The predicted molar refractivity (Wildman–Crippen MR) is 72.5 cm³/mol. The maximum Gasteiger partial charge on any atom is 0.229 e. The Bertz CT molecular complexity index is 484. The largest absolute Gasteiger partial charge is 0.398 e. The van der Waals surface area contributed by atoms with Crippen LogP contribution in [0, 0.1) is 5.92 Å². The topological polar surface area (TPSA) is 63.4 Å². The molecule has 0 aliphatic carbocycles. The molecule has 0 atom stereocenters. The molecule has 1 aliphatic heterocycles. The Morgan fingerprint density at radius 1 is 1.33 bits per heavy atom. The van der Waals surface area contributed by atoms with Gasteiger partial charge in [-0.1, -0.05) is 19.1 Å². The summed E-state index contributed by atoms with van der Waals surface area (Å²) in [5.41, 5.74) is 7.24. The van der Waals surface area contributed by atoms with Crippen LogP contribution in [0.2, 0.25) is 0 Å². The van der Waals surface area contributed by atoms with Crippen LogP contribution in [0.1, 0.15) is 25.3 Å². The highest BCUT2D eigenvalue weighted by Gasteiger charge is 2.30. The lowest BCUT2D eigenvalue weighted by molar-refractivity contribution is -0.150. The summed E-state index contributed by atoms with van der Waals surface area (Å²) in [6.45, 7) is 2.21. The summed E-state index contributed by atoms with van der Waals surface area (Å²) in [6, 6.07) is 5.45. The van der Waals surface area contributed by atoms with E-state index >= 15 is 0 Å². The normalized spacial score (nSPS) is 17.3. The van der Waals surface area contributed by atoms with Crippen molar-refractivity contribution in [3.05, 3.63) is 28.2 Å². The van der Waals surface area contributed by atoms with Crippen LogP contribution in [0.4, 0.5) is 5.69 Å². The Morgan fingerprint density at radius 3 is 2.56 bits per heavy atom. The fraction of sp³-hybridized carbons (Fsp3) is 0.385. The molecule has 18 heavy (non-hydrogen) atoms. The van der Waals surface area contributed by atoms with Crippen LogP contribution < -0.4 is 5.73 Å². The Morgan fingerprint density at radius 2 is 1.94 bits per heavy atom. The Labute approximate surface area is 114 Å². The number of nitrogen functional groups attached to an aromatic ring is 1. The molecule has 2 rings (SSSR count). The van der Waals surface area contributed by atoms with Gasteiger partial charge in [0.1, 0.15) is 0 Å². The molecule has 1 aromatic carbocycles. The first-order valence-corrected chi connectivity index (χ1v) is 6.64. The van der Waals surface area contributed by atoms with Gasteiger partial charge in [0, 0.05) is 23.0 Å². The SMILES string of the molecule is CC1CC(=O)N(Cc2cccc(N)c2Br)C(=O)C1. The number of benzene rings is 1. The minimum absolute atomic E-state index is 0.104. The number of piperidine rings is 1. The van der Waals surface area contributed by atoms with Crippen molar-refractivity contribution < 1.29 is 9.59 Å². The molecular weight excluding hydrogens is 296 g/mol. The summed E-state index contributed by atoms with van der Waals surface area (Å²) in [6.07, 6.45) is 0.872. The monoisotopic (exact) mass is 310 g/mol. The second-order valence-electron chi connectivity index (χ2n) is 4.71. The summed E-state index contributed by atoms with van der Waals surface area (Å²) in [5, 5.41) is 0. The maximum atomic E-state index is 11.9. The van der Waals surface area contributed by atoms with Gasteiger partial charge in [0.15, 0.2) is 0 Å². The molecule has 1 fully saturated rings. The molecule has 0 radical (unpaired) electrons. The number of halogens is 1. The van der Waals surface area contributed by atoms with Gasteiger partial charge in [0.05, 0.1) is 6.54 Å². The van der Waals surface area contributed by atoms with Gasteiger partial charge in [-0.2, -0.15) is 0 Å². The number of nitrogens with two attached hydrogens (primary N) is 1. The van der Waals surface area contributed by atoms with Crippen molar-refractivity contribution in [2.24, 2.45) is 5.92 Å². The van der Waals surface area contributed by atoms with E-state index in [4.69, 9.17) is 5.73 Å². The second-order valence-corrected chi connectivity index (χ2v) is 5.50. The highest BCUT2D eigenvalue weighted by atomic mass is 79.9. The van der Waals surface area contributed by atoms with E-state index < -0.39 is 0 Å². The van der Waals surface area contributed by atoms with Crippen LogP contribution >= 0.6 is 15.9 Å². The van der Waals surface area contributed by atoms with Crippen LogP contribution in [-0.2, 0) is 16.1 Å². The Kier molecular flexibility index (Phi) is 3.71. The van der Waals surface area contributed by atoms with Crippen molar-refractivity contribution >= 4 is 33.4 Å². The molecule has 1 aliphatic rings. The lowest BCUT2D eigenvalue weighted by Gasteiger charge is -2.28. The number of hydrogen-bond acceptors (Lipinski definition) is 3. The number of carbonyl (C=O) groups excluding carboxylic acids is 2. The molecule has 0 spiro atoms. The molecule has 0 unspecified atom stereocenters. The third kappa shape index (κ3) is 2.56. The number of nitrogens with zero attached hydrogens (tertiary/aromatic N) is 1. The zero-order chi connectivity index (χ0) is 13.3. The molecule has 5 heteroatoms. The fourth-order valence-electron chi connectivity index (χ4n) is 2.10. The maximum absolute atomic E-state index is 11.9. The lowest BCUT2D eigenvalue weighted by atomic mass is 9.97. The van der Waals surface area contributed by atoms with Crippen LogP contribution in [0.15, 0.2) is 22.7 Å². The van der Waals surface area contributed by atoms with Crippen molar-refractivity contribution in [3.8, 4) is 0 Å². The van der Waals surface area contributed by atoms with Gasteiger partial charge in [0.2, 0.25) is 11.8 Å². The molecule has 2 N–H and O–H groups in total. The molecule has 1 saturated heterocycles. The van der Waals surface area contributed by atoms with Crippen molar-refractivity contribution in [2.45, 2.75) is 26.3 Å². The van der Waals surface area contributed by atoms with E-state index in [0.717, 1.165) is 10.0 Å². The predicted octanol–water partition coefficient (Wildman–Crippen LogP) is 2.32. The van der Waals surface area contributed by atoms with Gasteiger partial charge in [-0.15, -0.1) is 0 Å². The molecule has 96 valence electrons. The summed E-state index contributed by atoms with van der Waals surface area (Å²) >= 11 is 3.38. The second kappa shape index (κ2) is 5.10. The summed E-state index contributed by atoms with van der Waals surface area (Å²) in [4.78, 5) is 25.1. The van der Waals surface area contributed by atoms with Gasteiger partial charge in [-0.25, -0.2) is 0 Å². The third-order valence-corrected chi connectivity index (χ3v) is 4.05. The van der Waals surface area contributed by atoms with E-state index in [9.17, 15) is 9.59 Å². The highest BCUT2D eigenvalue weighted by molar-refractivity contribution is 9.10. The van der Waals surface area contributed by atoms with Crippen molar-refractivity contribution in [1.29, 1.82) is 0 Å². The van der Waals surface area contributed by atoms with Gasteiger partial charge in [-0.3, -0.25) is 14.5 Å². The molecule has 1 heterocycles. The van der Waals surface area contributed by atoms with Crippen LogP contribution in [0.3, 0.4) is 0 Å². The van der Waals surface area contributed by atoms with E-state index in [1.54, 1.807) is 6.07 Å². The minimum Gasteiger partial charge on any atom is -0.398 e. The van der Waals surface area contributed by atoms with Crippen molar-refractivity contribution in [2.75, 3.05) is 5.73 Å². The number of anilines is 1. The molecular formula is C13H15BrN2O2. The van der Waals surface area contributed by atoms with Gasteiger partial charge in [0.25, 0.3) is 0 Å². The molecule has 0 bridgehead atoms. The van der Waals surface area contributed by atoms with E-state index in [0.29, 0.717) is 18.5 Å². The smallest absolute Gasteiger partial charge is 0.229 e. The zero-order valence-corrected chi connectivity index (χ0v) is 11.7. The lowest BCUT2D eigenvalue weighted by Crippen LogP contribution is -2.42. The quantitative estimate of drug-likeness (QED) is 0.673. The zero-order valence-electron chi connectivity index (χ0n) is 10.1. The molecule has 0 aromatic heterocycles. The average Bonchev–Trinajstić information content (AvgIpc) is 2.28. The van der Waals surface area contributed by atoms with Gasteiger partial charge >= 0.3 is 0 Å². The first kappa shape index (κ1) is 13.1. The fourth-order valence-corrected chi connectivity index (χ4v) is 2.49. The number of carbonyl (C=O) groups is 2. The van der Waals surface area contributed by atoms with Crippen molar-refractivity contribution in [1.82, 2.24) is 4.90 Å². The number of rotatable bonds is 2. The van der Waals surface area contributed by atoms with Gasteiger partial charge in [-0.05, 0) is 33.5 Å². The van der Waals surface area contributed by atoms with Gasteiger partial charge < -0.3 is 5.73 Å². The van der Waals surface area contributed by atoms with E-state index in [2.05, 4.69) is 15.9 Å². The number of imide groups is 1. The third-order valence-electron chi connectivity index (χ3n) is 3.09. The number of hydrogen-bond donors (Lipinski definition) is 1. The van der Waals surface area contributed by atoms with Crippen molar-refractivity contribution in [3.63, 3.8) is 0 Å². The average molecular weight is 311 g/mol. The Balaban J connectivity index is 2.20. The molecule has 1 aromatic rings. The van der Waals surface area contributed by atoms with Crippen LogP contribution in [0.25, 0.3) is 0 Å². The summed E-state index contributed by atoms with van der Waals surface area (Å²) in [5.74, 6) is -0.0633. The van der Waals surface area contributed by atoms with Crippen LogP contribution in [0.5, 0.6) is 0 Å². The molecule has 0 saturated carbocycles. The van der Waals surface area contributed by atoms with Crippen LogP contribution in [-0.4, -0.2) is 16.7 Å². The molecule has 2 amide bonds. The first-order valence-electron chi connectivity index (χ1n) is 5.85.